The molecule has 6 heteroatoms. The van der Waals surface area contributed by atoms with Crippen LogP contribution in [0, 0.1) is 0 Å². The molecular weight excluding hydrogens is 231 g/mol. The first-order valence-electron chi connectivity index (χ1n) is 4.85. The third-order valence-corrected chi connectivity index (χ3v) is 2.45. The molecule has 90 valence electrons. The van der Waals surface area contributed by atoms with Crippen LogP contribution in [0.15, 0.2) is 30.5 Å². The van der Waals surface area contributed by atoms with E-state index in [2.05, 4.69) is 5.10 Å². The molecule has 0 fully saturated rings. The summed E-state index contributed by atoms with van der Waals surface area (Å²) in [4.78, 5) is 0. The molecule has 0 radical (unpaired) electrons. The molecule has 0 saturated carbocycles. The Labute approximate surface area is 95.7 Å². The van der Waals surface area contributed by atoms with E-state index in [1.54, 1.807) is 7.05 Å². The van der Waals surface area contributed by atoms with E-state index in [0.717, 1.165) is 6.07 Å². The lowest BCUT2D eigenvalue weighted by atomic mass is 10.0. The second-order valence-corrected chi connectivity index (χ2v) is 3.62. The lowest BCUT2D eigenvalue weighted by Gasteiger charge is -2.13. The standard InChI is InChI=1S/C11H10F3N3/c1-17-10(9(15)6-16-17)7-4-2-3-5-8(7)11(12,13)14/h2-6H,15H2,1H3. The minimum absolute atomic E-state index is 0.0394. The highest BCUT2D eigenvalue weighted by Gasteiger charge is 2.34. The molecule has 0 aliphatic carbocycles. The summed E-state index contributed by atoms with van der Waals surface area (Å²) in [6, 6.07) is 5.30. The van der Waals surface area contributed by atoms with Crippen LogP contribution in [0.3, 0.4) is 0 Å². The molecule has 1 aromatic carbocycles. The third-order valence-electron chi connectivity index (χ3n) is 2.45. The van der Waals surface area contributed by atoms with E-state index >= 15 is 0 Å². The van der Waals surface area contributed by atoms with E-state index in [1.807, 2.05) is 0 Å². The van der Waals surface area contributed by atoms with Crippen LogP contribution in [-0.2, 0) is 13.2 Å². The van der Waals surface area contributed by atoms with Gasteiger partial charge in [-0.25, -0.2) is 0 Å². The molecule has 0 spiro atoms. The van der Waals surface area contributed by atoms with Gasteiger partial charge >= 0.3 is 6.18 Å². The highest BCUT2D eigenvalue weighted by atomic mass is 19.4. The smallest absolute Gasteiger partial charge is 0.396 e. The van der Waals surface area contributed by atoms with Crippen LogP contribution in [0.25, 0.3) is 11.3 Å². The van der Waals surface area contributed by atoms with Gasteiger partial charge in [0.2, 0.25) is 0 Å². The van der Waals surface area contributed by atoms with Crippen LogP contribution >= 0.6 is 0 Å². The molecule has 0 unspecified atom stereocenters. The van der Waals surface area contributed by atoms with Crippen molar-refractivity contribution in [1.82, 2.24) is 9.78 Å². The van der Waals surface area contributed by atoms with Gasteiger partial charge in [0.1, 0.15) is 0 Å². The summed E-state index contributed by atoms with van der Waals surface area (Å²) in [5.41, 5.74) is 5.46. The van der Waals surface area contributed by atoms with Crippen molar-refractivity contribution in [2.75, 3.05) is 5.73 Å². The summed E-state index contributed by atoms with van der Waals surface area (Å²) in [6.07, 6.45) is -3.07. The molecule has 0 amide bonds. The van der Waals surface area contributed by atoms with Crippen LogP contribution in [0.1, 0.15) is 5.56 Å². The van der Waals surface area contributed by atoms with Crippen LogP contribution in [0.2, 0.25) is 0 Å². The van der Waals surface area contributed by atoms with E-state index in [-0.39, 0.29) is 16.9 Å². The van der Waals surface area contributed by atoms with Gasteiger partial charge in [0.25, 0.3) is 0 Å². The Kier molecular flexibility index (Phi) is 2.57. The molecule has 2 N–H and O–H groups in total. The van der Waals surface area contributed by atoms with Gasteiger partial charge in [0.05, 0.1) is 23.1 Å². The molecule has 3 nitrogen and oxygen atoms in total. The van der Waals surface area contributed by atoms with E-state index in [4.69, 9.17) is 5.73 Å². The molecule has 2 aromatic rings. The zero-order valence-corrected chi connectivity index (χ0v) is 8.99. The summed E-state index contributed by atoms with van der Waals surface area (Å²) in [5.74, 6) is 0. The van der Waals surface area contributed by atoms with Gasteiger partial charge in [0.15, 0.2) is 0 Å². The highest BCUT2D eigenvalue weighted by Crippen LogP contribution is 2.38. The van der Waals surface area contributed by atoms with E-state index in [0.29, 0.717) is 0 Å². The number of aromatic nitrogens is 2. The third kappa shape index (κ3) is 1.98. The molecule has 1 aromatic heterocycles. The van der Waals surface area contributed by atoms with Gasteiger partial charge < -0.3 is 5.73 Å². The van der Waals surface area contributed by atoms with E-state index in [1.165, 1.54) is 29.1 Å². The van der Waals surface area contributed by atoms with Gasteiger partial charge in [-0.1, -0.05) is 18.2 Å². The molecule has 0 atom stereocenters. The summed E-state index contributed by atoms with van der Waals surface area (Å²) >= 11 is 0. The topological polar surface area (TPSA) is 43.8 Å². The summed E-state index contributed by atoms with van der Waals surface area (Å²) < 4.78 is 39.8. The number of anilines is 1. The SMILES string of the molecule is Cn1ncc(N)c1-c1ccccc1C(F)(F)F. The number of rotatable bonds is 1. The maximum atomic E-state index is 12.8. The van der Waals surface area contributed by atoms with Crippen LogP contribution < -0.4 is 5.73 Å². The summed E-state index contributed by atoms with van der Waals surface area (Å²) in [7, 11) is 1.55. The van der Waals surface area contributed by atoms with E-state index in [9.17, 15) is 13.2 Å². The van der Waals surface area contributed by atoms with Gasteiger partial charge in [-0.15, -0.1) is 0 Å². The van der Waals surface area contributed by atoms with Crippen molar-refractivity contribution in [2.45, 2.75) is 6.18 Å². The van der Waals surface area contributed by atoms with Gasteiger partial charge in [-0.3, -0.25) is 4.68 Å². The predicted octanol–water partition coefficient (Wildman–Crippen LogP) is 2.69. The number of alkyl halides is 3. The Morgan fingerprint density at radius 3 is 2.41 bits per heavy atom. The predicted molar refractivity (Wildman–Crippen MR) is 58.1 cm³/mol. The zero-order chi connectivity index (χ0) is 12.6. The van der Waals surface area contributed by atoms with Gasteiger partial charge in [-0.2, -0.15) is 18.3 Å². The normalized spacial score (nSPS) is 11.8. The Morgan fingerprint density at radius 1 is 1.24 bits per heavy atom. The number of benzene rings is 1. The number of nitrogens with two attached hydrogens (primary N) is 1. The Morgan fingerprint density at radius 2 is 1.88 bits per heavy atom. The van der Waals surface area contributed by atoms with Gasteiger partial charge in [0, 0.05) is 12.6 Å². The quantitative estimate of drug-likeness (QED) is 0.834. The number of nitrogens with zero attached hydrogens (tertiary/aromatic N) is 2. The number of hydrogen-bond donors (Lipinski definition) is 1. The van der Waals surface area contributed by atoms with Crippen LogP contribution in [0.4, 0.5) is 18.9 Å². The van der Waals surface area contributed by atoms with E-state index < -0.39 is 11.7 Å². The lowest BCUT2D eigenvalue weighted by molar-refractivity contribution is -0.137. The van der Waals surface area contributed by atoms with Crippen molar-refractivity contribution >= 4 is 5.69 Å². The fourth-order valence-electron chi connectivity index (χ4n) is 1.72. The Hall–Kier alpha value is -1.98. The molecule has 2 rings (SSSR count). The fourth-order valence-corrected chi connectivity index (χ4v) is 1.72. The fraction of sp³-hybridized carbons (Fsp3) is 0.182. The monoisotopic (exact) mass is 241 g/mol. The Bertz CT molecular complexity index is 524. The van der Waals surface area contributed by atoms with Crippen molar-refractivity contribution in [3.05, 3.63) is 36.0 Å². The minimum Gasteiger partial charge on any atom is -0.396 e. The molecule has 1 heterocycles. The van der Waals surface area contributed by atoms with Crippen molar-refractivity contribution in [1.29, 1.82) is 0 Å². The first-order valence-corrected chi connectivity index (χ1v) is 4.85. The lowest BCUT2D eigenvalue weighted by Crippen LogP contribution is -2.09. The first kappa shape index (κ1) is 11.5. The van der Waals surface area contributed by atoms with Crippen LogP contribution in [0.5, 0.6) is 0 Å². The van der Waals surface area contributed by atoms with Gasteiger partial charge in [-0.05, 0) is 6.07 Å². The summed E-state index contributed by atoms with van der Waals surface area (Å²) in [5, 5.41) is 3.84. The van der Waals surface area contributed by atoms with Crippen molar-refractivity contribution in [2.24, 2.45) is 7.05 Å². The molecule has 0 bridgehead atoms. The zero-order valence-electron chi connectivity index (χ0n) is 8.99. The van der Waals surface area contributed by atoms with Crippen molar-refractivity contribution in [3.8, 4) is 11.3 Å². The number of halogens is 3. The number of nitrogen functional groups attached to an aromatic ring is 1. The first-order chi connectivity index (χ1) is 7.91. The second-order valence-electron chi connectivity index (χ2n) is 3.62. The molecule has 17 heavy (non-hydrogen) atoms. The average Bonchev–Trinajstić information content (AvgIpc) is 2.57. The maximum Gasteiger partial charge on any atom is 0.417 e. The largest absolute Gasteiger partial charge is 0.417 e. The maximum absolute atomic E-state index is 12.8. The summed E-state index contributed by atoms with van der Waals surface area (Å²) in [6.45, 7) is 0. The van der Waals surface area contributed by atoms with Crippen LogP contribution in [-0.4, -0.2) is 9.78 Å². The molecular formula is C11H10F3N3. The Balaban J connectivity index is 2.69. The van der Waals surface area contributed by atoms with Crippen molar-refractivity contribution < 1.29 is 13.2 Å². The highest BCUT2D eigenvalue weighted by molar-refractivity contribution is 5.75. The van der Waals surface area contributed by atoms with Crippen molar-refractivity contribution in [3.63, 3.8) is 0 Å². The number of aryl methyl sites for hydroxylation is 1. The average molecular weight is 241 g/mol. The molecule has 0 aliphatic rings. The number of hydrogen-bond acceptors (Lipinski definition) is 2. The second kappa shape index (κ2) is 3.80. The molecule has 0 aliphatic heterocycles. The minimum atomic E-state index is -4.41. The molecule has 0 saturated heterocycles.